The molecule has 0 bridgehead atoms. The minimum Gasteiger partial charge on any atom is -0.496 e. The number of ether oxygens (including phenoxy) is 2. The Bertz CT molecular complexity index is 685. The molecular formula is C24H40N4O3. The summed E-state index contributed by atoms with van der Waals surface area (Å²) in [5.41, 5.74) is 1.17. The van der Waals surface area contributed by atoms with Crippen molar-refractivity contribution >= 4 is 5.96 Å². The zero-order valence-electron chi connectivity index (χ0n) is 19.2. The molecule has 2 aliphatic rings. The number of para-hydroxylation sites is 1. The summed E-state index contributed by atoms with van der Waals surface area (Å²) in [6.45, 7) is 8.12. The zero-order valence-corrected chi connectivity index (χ0v) is 19.2. The number of benzene rings is 1. The molecule has 2 aliphatic heterocycles. The summed E-state index contributed by atoms with van der Waals surface area (Å²) in [5, 5.41) is 16.5. The Kier molecular flexibility index (Phi) is 9.43. The normalized spacial score (nSPS) is 23.5. The Hall–Kier alpha value is -1.83. The van der Waals surface area contributed by atoms with Crippen LogP contribution >= 0.6 is 0 Å². The summed E-state index contributed by atoms with van der Waals surface area (Å²) < 4.78 is 11.3. The fourth-order valence-corrected chi connectivity index (χ4v) is 4.68. The van der Waals surface area contributed by atoms with Crippen LogP contribution in [0.25, 0.3) is 0 Å². The predicted molar refractivity (Wildman–Crippen MR) is 125 cm³/mol. The van der Waals surface area contributed by atoms with Crippen molar-refractivity contribution in [3.8, 4) is 5.75 Å². The maximum atomic E-state index is 9.50. The highest BCUT2D eigenvalue weighted by Crippen LogP contribution is 2.33. The van der Waals surface area contributed by atoms with Crippen molar-refractivity contribution in [3.63, 3.8) is 0 Å². The van der Waals surface area contributed by atoms with Gasteiger partial charge in [-0.15, -0.1) is 0 Å². The monoisotopic (exact) mass is 432 g/mol. The molecule has 0 aliphatic carbocycles. The topological polar surface area (TPSA) is 78.4 Å². The van der Waals surface area contributed by atoms with Gasteiger partial charge in [-0.1, -0.05) is 24.6 Å². The third-order valence-electron chi connectivity index (χ3n) is 6.54. The van der Waals surface area contributed by atoms with Crippen LogP contribution in [-0.2, 0) is 4.74 Å². The van der Waals surface area contributed by atoms with Crippen molar-refractivity contribution in [2.75, 3.05) is 59.7 Å². The van der Waals surface area contributed by atoms with Crippen molar-refractivity contribution < 1.29 is 14.6 Å². The number of guanidine groups is 1. The lowest BCUT2D eigenvalue weighted by Gasteiger charge is -2.36. The number of hydrogen-bond donors (Lipinski definition) is 3. The Labute approximate surface area is 187 Å². The average molecular weight is 433 g/mol. The summed E-state index contributed by atoms with van der Waals surface area (Å²) in [6.07, 6.45) is 5.47. The quantitative estimate of drug-likeness (QED) is 0.390. The molecule has 2 atom stereocenters. The molecule has 0 aromatic heterocycles. The molecule has 1 aromatic carbocycles. The molecule has 0 saturated carbocycles. The van der Waals surface area contributed by atoms with Crippen molar-refractivity contribution in [3.05, 3.63) is 29.8 Å². The van der Waals surface area contributed by atoms with Crippen LogP contribution in [-0.4, -0.2) is 75.6 Å². The van der Waals surface area contributed by atoms with Gasteiger partial charge in [-0.25, -0.2) is 0 Å². The lowest BCUT2D eigenvalue weighted by atomic mass is 9.84. The molecule has 0 spiro atoms. The third-order valence-corrected chi connectivity index (χ3v) is 6.54. The Morgan fingerprint density at radius 1 is 1.26 bits per heavy atom. The Balaban J connectivity index is 1.74. The average Bonchev–Trinajstić information content (AvgIpc) is 3.27. The number of aliphatic hydroxyl groups excluding tert-OH is 1. The first-order chi connectivity index (χ1) is 15.2. The number of hydrogen-bond acceptors (Lipinski definition) is 5. The maximum absolute atomic E-state index is 9.50. The van der Waals surface area contributed by atoms with E-state index in [4.69, 9.17) is 14.5 Å². The summed E-state index contributed by atoms with van der Waals surface area (Å²) >= 11 is 0. The van der Waals surface area contributed by atoms with Crippen LogP contribution in [0.1, 0.15) is 50.6 Å². The molecule has 2 unspecified atom stereocenters. The van der Waals surface area contributed by atoms with E-state index in [0.29, 0.717) is 13.2 Å². The number of nitrogens with one attached hydrogen (secondary N) is 2. The maximum Gasteiger partial charge on any atom is 0.191 e. The van der Waals surface area contributed by atoms with E-state index in [1.807, 2.05) is 12.1 Å². The number of methoxy groups -OCH3 is 1. The van der Waals surface area contributed by atoms with Crippen molar-refractivity contribution in [1.29, 1.82) is 0 Å². The summed E-state index contributed by atoms with van der Waals surface area (Å²) in [7, 11) is 1.75. The summed E-state index contributed by atoms with van der Waals surface area (Å²) in [5.74, 6) is 1.76. The molecule has 3 rings (SSSR count). The van der Waals surface area contributed by atoms with Crippen molar-refractivity contribution in [2.24, 2.45) is 10.4 Å². The lowest BCUT2D eigenvalue weighted by Crippen LogP contribution is -2.45. The van der Waals surface area contributed by atoms with E-state index in [2.05, 4.69) is 34.6 Å². The van der Waals surface area contributed by atoms with E-state index in [-0.39, 0.29) is 18.1 Å². The molecule has 31 heavy (non-hydrogen) atoms. The number of piperidine rings is 1. The van der Waals surface area contributed by atoms with E-state index in [9.17, 15) is 5.11 Å². The first-order valence-corrected chi connectivity index (χ1v) is 11.8. The van der Waals surface area contributed by atoms with Gasteiger partial charge in [0.15, 0.2) is 5.96 Å². The highest BCUT2D eigenvalue weighted by atomic mass is 16.5. The summed E-state index contributed by atoms with van der Waals surface area (Å²) in [6, 6.07) is 8.56. The minimum absolute atomic E-state index is 0.0496. The summed E-state index contributed by atoms with van der Waals surface area (Å²) in [4.78, 5) is 7.46. The van der Waals surface area contributed by atoms with Gasteiger partial charge in [-0.3, -0.25) is 9.89 Å². The molecular weight excluding hydrogens is 392 g/mol. The van der Waals surface area contributed by atoms with E-state index in [1.54, 1.807) is 7.11 Å². The molecule has 2 heterocycles. The van der Waals surface area contributed by atoms with Crippen LogP contribution in [0.15, 0.2) is 29.3 Å². The second-order valence-electron chi connectivity index (χ2n) is 8.71. The molecule has 1 aromatic rings. The number of rotatable bonds is 10. The Morgan fingerprint density at radius 2 is 2.06 bits per heavy atom. The fraction of sp³-hybridized carbons (Fsp3) is 0.708. The van der Waals surface area contributed by atoms with Crippen LogP contribution < -0.4 is 15.4 Å². The minimum atomic E-state index is -0.0496. The standard InChI is InChI=1S/C24H40N4O3/c1-3-25-23(27-18-24(11-15-29)12-16-31-19-24)26-17-21(28-13-7-4-8-14-28)20-9-5-6-10-22(20)30-2/h5-6,9-10,21,29H,3-4,7-8,11-19H2,1-2H3,(H2,25,26,27). The largest absolute Gasteiger partial charge is 0.496 e. The molecule has 3 N–H and O–H groups in total. The number of nitrogens with zero attached hydrogens (tertiary/aromatic N) is 2. The van der Waals surface area contributed by atoms with Crippen molar-refractivity contribution in [1.82, 2.24) is 15.5 Å². The SMILES string of the molecule is CCNC(=NCC1(CCO)CCOC1)NCC(c1ccccc1OC)N1CCCCC1. The van der Waals surface area contributed by atoms with Gasteiger partial charge in [-0.05, 0) is 51.8 Å². The molecule has 2 fully saturated rings. The van der Waals surface area contributed by atoms with Crippen LogP contribution in [0.2, 0.25) is 0 Å². The van der Waals surface area contributed by atoms with Gasteiger partial charge in [0.2, 0.25) is 0 Å². The fourth-order valence-electron chi connectivity index (χ4n) is 4.68. The van der Waals surface area contributed by atoms with Crippen molar-refractivity contribution in [2.45, 2.75) is 45.1 Å². The third kappa shape index (κ3) is 6.57. The second-order valence-corrected chi connectivity index (χ2v) is 8.71. The molecule has 2 saturated heterocycles. The number of likely N-dealkylation sites (tertiary alicyclic amines) is 1. The number of aliphatic imine (C=N–C) groups is 1. The van der Waals surface area contributed by atoms with Gasteiger partial charge in [0, 0.05) is 37.3 Å². The highest BCUT2D eigenvalue weighted by Gasteiger charge is 2.34. The van der Waals surface area contributed by atoms with Gasteiger partial charge in [0.1, 0.15) is 5.75 Å². The molecule has 0 radical (unpaired) electrons. The Morgan fingerprint density at radius 3 is 2.74 bits per heavy atom. The first kappa shape index (κ1) is 23.8. The van der Waals surface area contributed by atoms with Gasteiger partial charge in [0.25, 0.3) is 0 Å². The van der Waals surface area contributed by atoms with E-state index in [1.165, 1.54) is 24.8 Å². The second kappa shape index (κ2) is 12.3. The van der Waals surface area contributed by atoms with Crippen LogP contribution in [0, 0.1) is 5.41 Å². The molecule has 174 valence electrons. The number of aliphatic hydroxyl groups is 1. The van der Waals surface area contributed by atoms with Gasteiger partial charge >= 0.3 is 0 Å². The van der Waals surface area contributed by atoms with E-state index in [0.717, 1.165) is 57.3 Å². The van der Waals surface area contributed by atoms with E-state index < -0.39 is 0 Å². The smallest absolute Gasteiger partial charge is 0.191 e. The van der Waals surface area contributed by atoms with E-state index >= 15 is 0 Å². The highest BCUT2D eigenvalue weighted by molar-refractivity contribution is 5.79. The molecule has 7 nitrogen and oxygen atoms in total. The van der Waals surface area contributed by atoms with Crippen LogP contribution in [0.5, 0.6) is 5.75 Å². The van der Waals surface area contributed by atoms with Gasteiger partial charge in [-0.2, -0.15) is 0 Å². The molecule has 0 amide bonds. The zero-order chi connectivity index (χ0) is 21.9. The first-order valence-electron chi connectivity index (χ1n) is 11.8. The lowest BCUT2D eigenvalue weighted by molar-refractivity contribution is 0.131. The van der Waals surface area contributed by atoms with Crippen LogP contribution in [0.3, 0.4) is 0 Å². The molecule has 7 heteroatoms. The van der Waals surface area contributed by atoms with Gasteiger partial charge in [0.05, 0.1) is 26.3 Å². The predicted octanol–water partition coefficient (Wildman–Crippen LogP) is 2.57. The van der Waals surface area contributed by atoms with Gasteiger partial charge < -0.3 is 25.2 Å². The van der Waals surface area contributed by atoms with Crippen LogP contribution in [0.4, 0.5) is 0 Å².